The first-order valence-corrected chi connectivity index (χ1v) is 4.63. The van der Waals surface area contributed by atoms with E-state index in [-0.39, 0.29) is 0 Å². The summed E-state index contributed by atoms with van der Waals surface area (Å²) in [5, 5.41) is 19.0. The number of nitrogens with one attached hydrogen (secondary N) is 1. The summed E-state index contributed by atoms with van der Waals surface area (Å²) < 4.78 is 5.08. The molecule has 1 fully saturated rings. The lowest BCUT2D eigenvalue weighted by Crippen LogP contribution is -2.53. The predicted octanol–water partition coefficient (Wildman–Crippen LogP) is -1.25. The number of aliphatic carboxylic acids is 2. The number of nitrogens with zero attached hydrogens (tertiary/aromatic N) is 1. The summed E-state index contributed by atoms with van der Waals surface area (Å²) in [4.78, 5) is 21.1. The van der Waals surface area contributed by atoms with E-state index < -0.39 is 24.4 Å². The summed E-state index contributed by atoms with van der Waals surface area (Å²) in [6, 6.07) is -1.08. The Morgan fingerprint density at radius 2 is 1.93 bits per heavy atom. The average molecular weight is 218 g/mol. The van der Waals surface area contributed by atoms with Gasteiger partial charge in [0.25, 0.3) is 0 Å². The van der Waals surface area contributed by atoms with Crippen LogP contribution < -0.4 is 5.43 Å². The second kappa shape index (κ2) is 5.64. The van der Waals surface area contributed by atoms with Crippen molar-refractivity contribution in [3.63, 3.8) is 0 Å². The Bertz CT molecular complexity index is 239. The van der Waals surface area contributed by atoms with Crippen LogP contribution in [0.1, 0.15) is 6.42 Å². The van der Waals surface area contributed by atoms with Gasteiger partial charge in [0.15, 0.2) is 0 Å². The first kappa shape index (κ1) is 11.9. The molecule has 0 aliphatic carbocycles. The Hall–Kier alpha value is -1.18. The molecule has 15 heavy (non-hydrogen) atoms. The van der Waals surface area contributed by atoms with Crippen molar-refractivity contribution in [3.8, 4) is 0 Å². The van der Waals surface area contributed by atoms with Gasteiger partial charge in [-0.15, -0.1) is 0 Å². The minimum atomic E-state index is -1.16. The van der Waals surface area contributed by atoms with Gasteiger partial charge in [0, 0.05) is 13.1 Å². The molecule has 7 heteroatoms. The molecule has 1 atom stereocenters. The maximum absolute atomic E-state index is 10.7. The largest absolute Gasteiger partial charge is 0.481 e. The van der Waals surface area contributed by atoms with E-state index in [9.17, 15) is 9.59 Å². The van der Waals surface area contributed by atoms with Crippen molar-refractivity contribution < 1.29 is 24.5 Å². The third-order valence-electron chi connectivity index (χ3n) is 2.03. The molecule has 1 saturated heterocycles. The van der Waals surface area contributed by atoms with Gasteiger partial charge in [-0.1, -0.05) is 0 Å². The highest BCUT2D eigenvalue weighted by Gasteiger charge is 2.23. The van der Waals surface area contributed by atoms with Gasteiger partial charge in [-0.3, -0.25) is 9.59 Å². The number of hydrogen-bond acceptors (Lipinski definition) is 5. The zero-order chi connectivity index (χ0) is 11.3. The molecule has 0 unspecified atom stereocenters. The normalized spacial score (nSPS) is 19.7. The maximum Gasteiger partial charge on any atom is 0.322 e. The highest BCUT2D eigenvalue weighted by atomic mass is 16.5. The number of hydrogen-bond donors (Lipinski definition) is 3. The van der Waals surface area contributed by atoms with Crippen LogP contribution in [-0.2, 0) is 14.3 Å². The summed E-state index contributed by atoms with van der Waals surface area (Å²) in [6.45, 7) is 2.16. The molecule has 0 aromatic heterocycles. The van der Waals surface area contributed by atoms with Gasteiger partial charge in [0.1, 0.15) is 6.04 Å². The zero-order valence-electron chi connectivity index (χ0n) is 8.18. The Balaban J connectivity index is 2.42. The highest BCUT2D eigenvalue weighted by molar-refractivity contribution is 5.80. The Labute approximate surface area is 86.6 Å². The molecule has 0 bridgehead atoms. The molecular weight excluding hydrogens is 204 g/mol. The zero-order valence-corrected chi connectivity index (χ0v) is 8.18. The number of morpholine rings is 1. The monoisotopic (exact) mass is 218 g/mol. The first-order chi connectivity index (χ1) is 7.09. The fourth-order valence-corrected chi connectivity index (χ4v) is 1.28. The molecule has 1 heterocycles. The summed E-state index contributed by atoms with van der Waals surface area (Å²) in [6.07, 6.45) is -0.438. The molecule has 1 aliphatic rings. The van der Waals surface area contributed by atoms with Gasteiger partial charge in [-0.2, -0.15) is 0 Å². The van der Waals surface area contributed by atoms with Gasteiger partial charge in [-0.05, 0) is 0 Å². The van der Waals surface area contributed by atoms with Crippen LogP contribution in [0.5, 0.6) is 0 Å². The van der Waals surface area contributed by atoms with Crippen LogP contribution in [0, 0.1) is 0 Å². The van der Waals surface area contributed by atoms with Gasteiger partial charge in [0.2, 0.25) is 0 Å². The lowest BCUT2D eigenvalue weighted by Gasteiger charge is -2.29. The predicted molar refractivity (Wildman–Crippen MR) is 49.2 cm³/mol. The number of carbonyl (C=O) groups is 2. The number of carboxylic acids is 2. The summed E-state index contributed by atoms with van der Waals surface area (Å²) in [5.74, 6) is -2.30. The van der Waals surface area contributed by atoms with Crippen molar-refractivity contribution in [1.82, 2.24) is 10.4 Å². The summed E-state index contributed by atoms with van der Waals surface area (Å²) in [5.41, 5.74) is 2.66. The van der Waals surface area contributed by atoms with Crippen LogP contribution >= 0.6 is 0 Å². The SMILES string of the molecule is O=C(O)C[C@H](NN1CCOCC1)C(=O)O. The Kier molecular flexibility index (Phi) is 4.47. The van der Waals surface area contributed by atoms with E-state index >= 15 is 0 Å². The molecule has 0 spiro atoms. The Morgan fingerprint density at radius 3 is 2.40 bits per heavy atom. The van der Waals surface area contributed by atoms with Crippen molar-refractivity contribution >= 4 is 11.9 Å². The van der Waals surface area contributed by atoms with Gasteiger partial charge in [-0.25, -0.2) is 10.4 Å². The van der Waals surface area contributed by atoms with E-state index in [4.69, 9.17) is 14.9 Å². The van der Waals surface area contributed by atoms with Crippen molar-refractivity contribution in [2.75, 3.05) is 26.3 Å². The minimum absolute atomic E-state index is 0.438. The number of carboxylic acid groups (broad SMARTS) is 2. The van der Waals surface area contributed by atoms with Crippen molar-refractivity contribution in [1.29, 1.82) is 0 Å². The maximum atomic E-state index is 10.7. The van der Waals surface area contributed by atoms with Crippen LogP contribution in [0.3, 0.4) is 0 Å². The topological polar surface area (TPSA) is 99.1 Å². The fraction of sp³-hybridized carbons (Fsp3) is 0.750. The van der Waals surface area contributed by atoms with Crippen LogP contribution in [0.25, 0.3) is 0 Å². The van der Waals surface area contributed by atoms with E-state index in [0.717, 1.165) is 0 Å². The molecule has 0 amide bonds. The van der Waals surface area contributed by atoms with Crippen molar-refractivity contribution in [2.45, 2.75) is 12.5 Å². The van der Waals surface area contributed by atoms with E-state index in [0.29, 0.717) is 26.3 Å². The smallest absolute Gasteiger partial charge is 0.322 e. The molecule has 0 aromatic rings. The summed E-state index contributed by atoms with van der Waals surface area (Å²) >= 11 is 0. The van der Waals surface area contributed by atoms with Gasteiger partial charge in [0.05, 0.1) is 19.6 Å². The van der Waals surface area contributed by atoms with Gasteiger partial charge < -0.3 is 14.9 Å². The van der Waals surface area contributed by atoms with Crippen LogP contribution in [0.15, 0.2) is 0 Å². The number of rotatable bonds is 5. The highest BCUT2D eigenvalue weighted by Crippen LogP contribution is 1.98. The van der Waals surface area contributed by atoms with Crippen LogP contribution in [0.2, 0.25) is 0 Å². The molecule has 7 nitrogen and oxygen atoms in total. The molecule has 1 rings (SSSR count). The lowest BCUT2D eigenvalue weighted by molar-refractivity contribution is -0.148. The lowest BCUT2D eigenvalue weighted by atomic mass is 10.2. The molecule has 0 aromatic carbocycles. The Morgan fingerprint density at radius 1 is 1.33 bits per heavy atom. The van der Waals surface area contributed by atoms with Crippen LogP contribution in [0.4, 0.5) is 0 Å². The molecular formula is C8H14N2O5. The number of ether oxygens (including phenoxy) is 1. The second-order valence-electron chi connectivity index (χ2n) is 3.22. The van der Waals surface area contributed by atoms with Gasteiger partial charge >= 0.3 is 11.9 Å². The summed E-state index contributed by atoms with van der Waals surface area (Å²) in [7, 11) is 0. The van der Waals surface area contributed by atoms with Crippen molar-refractivity contribution in [2.24, 2.45) is 0 Å². The van der Waals surface area contributed by atoms with E-state index in [1.165, 1.54) is 0 Å². The molecule has 0 saturated carbocycles. The quantitative estimate of drug-likeness (QED) is 0.530. The molecule has 86 valence electrons. The van der Waals surface area contributed by atoms with E-state index in [1.54, 1.807) is 5.01 Å². The average Bonchev–Trinajstić information content (AvgIpc) is 2.17. The number of hydrazine groups is 1. The minimum Gasteiger partial charge on any atom is -0.481 e. The molecule has 0 radical (unpaired) electrons. The van der Waals surface area contributed by atoms with Crippen LogP contribution in [-0.4, -0.2) is 59.5 Å². The van der Waals surface area contributed by atoms with E-state index in [1.807, 2.05) is 0 Å². The van der Waals surface area contributed by atoms with E-state index in [2.05, 4.69) is 5.43 Å². The third kappa shape index (κ3) is 4.24. The molecule has 3 N–H and O–H groups in total. The second-order valence-corrected chi connectivity index (χ2v) is 3.22. The first-order valence-electron chi connectivity index (χ1n) is 4.63. The van der Waals surface area contributed by atoms with Crippen molar-refractivity contribution in [3.05, 3.63) is 0 Å². The molecule has 1 aliphatic heterocycles. The third-order valence-corrected chi connectivity index (χ3v) is 2.03. The standard InChI is InChI=1S/C8H14N2O5/c11-7(12)5-6(8(13)14)9-10-1-3-15-4-2-10/h6,9H,1-5H2,(H,11,12)(H,13,14)/t6-/m0/s1. The fourth-order valence-electron chi connectivity index (χ4n) is 1.28.